The highest BCUT2D eigenvalue weighted by Gasteiger charge is 2.28. The van der Waals surface area contributed by atoms with E-state index in [0.29, 0.717) is 35.8 Å². The normalized spacial score (nSPS) is 17.8. The zero-order valence-corrected chi connectivity index (χ0v) is 18.3. The van der Waals surface area contributed by atoms with Crippen molar-refractivity contribution in [3.8, 4) is 0 Å². The van der Waals surface area contributed by atoms with Gasteiger partial charge in [-0.1, -0.05) is 6.92 Å². The maximum atomic E-state index is 12.8. The first kappa shape index (κ1) is 21.5. The predicted molar refractivity (Wildman–Crippen MR) is 118 cm³/mol. The first-order valence-electron chi connectivity index (χ1n) is 10.7. The fourth-order valence-corrected chi connectivity index (χ4v) is 5.03. The molecular weight excluding hydrogens is 414 g/mol. The lowest BCUT2D eigenvalue weighted by atomic mass is 10.0. The minimum absolute atomic E-state index is 0.111. The lowest BCUT2D eigenvalue weighted by Crippen LogP contribution is -2.37. The van der Waals surface area contributed by atoms with Gasteiger partial charge >= 0.3 is 0 Å². The number of sulfonamides is 1. The van der Waals surface area contributed by atoms with Crippen LogP contribution in [-0.4, -0.2) is 43.7 Å². The van der Waals surface area contributed by atoms with E-state index in [4.69, 9.17) is 0 Å². The van der Waals surface area contributed by atoms with Crippen LogP contribution in [0, 0.1) is 5.92 Å². The van der Waals surface area contributed by atoms with E-state index in [-0.39, 0.29) is 22.8 Å². The lowest BCUT2D eigenvalue weighted by molar-refractivity contribution is 0.0950. The van der Waals surface area contributed by atoms with Crippen molar-refractivity contribution in [3.05, 3.63) is 59.7 Å². The molecule has 0 spiro atoms. The van der Waals surface area contributed by atoms with Crippen LogP contribution in [0.3, 0.4) is 0 Å². The molecule has 0 atom stereocenters. The second kappa shape index (κ2) is 8.80. The van der Waals surface area contributed by atoms with Crippen LogP contribution in [0.4, 0.5) is 5.69 Å². The summed E-state index contributed by atoms with van der Waals surface area (Å²) in [5, 5.41) is 5.69. The van der Waals surface area contributed by atoms with Gasteiger partial charge in [0.1, 0.15) is 0 Å². The number of hydrogen-bond donors (Lipinski definition) is 2. The highest BCUT2D eigenvalue weighted by atomic mass is 32.2. The van der Waals surface area contributed by atoms with E-state index >= 15 is 0 Å². The van der Waals surface area contributed by atoms with E-state index < -0.39 is 10.0 Å². The predicted octanol–water partition coefficient (Wildman–Crippen LogP) is 3.25. The van der Waals surface area contributed by atoms with Gasteiger partial charge in [0.15, 0.2) is 0 Å². The third kappa shape index (κ3) is 5.14. The molecule has 8 heteroatoms. The second-order valence-corrected chi connectivity index (χ2v) is 10.3. The molecule has 31 heavy (non-hydrogen) atoms. The molecule has 2 N–H and O–H groups in total. The first-order chi connectivity index (χ1) is 14.8. The molecule has 164 valence electrons. The maximum Gasteiger partial charge on any atom is 0.255 e. The third-order valence-electron chi connectivity index (χ3n) is 5.81. The molecule has 2 aliphatic rings. The number of piperidine rings is 1. The average molecular weight is 442 g/mol. The van der Waals surface area contributed by atoms with E-state index in [1.807, 2.05) is 0 Å². The smallest absolute Gasteiger partial charge is 0.255 e. The summed E-state index contributed by atoms with van der Waals surface area (Å²) >= 11 is 0. The Morgan fingerprint density at radius 1 is 0.839 bits per heavy atom. The van der Waals surface area contributed by atoms with Gasteiger partial charge in [-0.25, -0.2) is 8.42 Å². The van der Waals surface area contributed by atoms with E-state index in [0.717, 1.165) is 25.7 Å². The van der Waals surface area contributed by atoms with Gasteiger partial charge in [-0.3, -0.25) is 9.59 Å². The number of carbonyl (C=O) groups excluding carboxylic acids is 2. The summed E-state index contributed by atoms with van der Waals surface area (Å²) in [4.78, 5) is 24.8. The number of nitrogens with one attached hydrogen (secondary N) is 2. The van der Waals surface area contributed by atoms with Gasteiger partial charge in [-0.2, -0.15) is 4.31 Å². The summed E-state index contributed by atoms with van der Waals surface area (Å²) in [5.41, 5.74) is 1.47. The minimum Gasteiger partial charge on any atom is -0.349 e. The Hall–Kier alpha value is -2.71. The Labute approximate surface area is 182 Å². The van der Waals surface area contributed by atoms with Crippen LogP contribution < -0.4 is 10.6 Å². The number of hydrogen-bond acceptors (Lipinski definition) is 4. The van der Waals surface area contributed by atoms with E-state index in [2.05, 4.69) is 17.6 Å². The van der Waals surface area contributed by atoms with Crippen molar-refractivity contribution in [1.82, 2.24) is 9.62 Å². The Bertz CT molecular complexity index is 1050. The quantitative estimate of drug-likeness (QED) is 0.719. The molecule has 1 saturated carbocycles. The van der Waals surface area contributed by atoms with E-state index in [1.54, 1.807) is 24.3 Å². The molecule has 4 rings (SSSR count). The minimum atomic E-state index is -3.54. The molecule has 0 unspecified atom stereocenters. The average Bonchev–Trinajstić information content (AvgIpc) is 3.58. The fraction of sp³-hybridized carbons (Fsp3) is 0.391. The molecule has 0 aromatic heterocycles. The number of nitrogens with zero attached hydrogens (tertiary/aromatic N) is 1. The van der Waals surface area contributed by atoms with Gasteiger partial charge in [0.25, 0.3) is 11.8 Å². The number of anilines is 1. The second-order valence-electron chi connectivity index (χ2n) is 8.39. The SMILES string of the molecule is CC1CCN(S(=O)(=O)c2ccc(C(=O)Nc3ccc(C(=O)NC4CC4)cc3)cc2)CC1. The van der Waals surface area contributed by atoms with Crippen molar-refractivity contribution in [2.45, 2.75) is 43.5 Å². The van der Waals surface area contributed by atoms with Crippen LogP contribution in [0.5, 0.6) is 0 Å². The van der Waals surface area contributed by atoms with Crippen LogP contribution in [-0.2, 0) is 10.0 Å². The van der Waals surface area contributed by atoms with Gasteiger partial charge in [0.05, 0.1) is 4.90 Å². The van der Waals surface area contributed by atoms with Crippen molar-refractivity contribution in [3.63, 3.8) is 0 Å². The zero-order chi connectivity index (χ0) is 22.0. The first-order valence-corrected chi connectivity index (χ1v) is 12.1. The van der Waals surface area contributed by atoms with Gasteiger partial charge in [-0.15, -0.1) is 0 Å². The highest BCUT2D eigenvalue weighted by molar-refractivity contribution is 7.89. The number of carbonyl (C=O) groups is 2. The van der Waals surface area contributed by atoms with Gasteiger partial charge in [0, 0.05) is 35.9 Å². The molecule has 2 amide bonds. The van der Waals surface area contributed by atoms with Gasteiger partial charge in [0.2, 0.25) is 10.0 Å². The summed E-state index contributed by atoms with van der Waals surface area (Å²) in [5.74, 6) is 0.0884. The summed E-state index contributed by atoms with van der Waals surface area (Å²) in [6.45, 7) is 3.19. The topological polar surface area (TPSA) is 95.6 Å². The zero-order valence-electron chi connectivity index (χ0n) is 17.5. The summed E-state index contributed by atoms with van der Waals surface area (Å²) in [6, 6.07) is 13.0. The van der Waals surface area contributed by atoms with Gasteiger partial charge in [-0.05, 0) is 80.1 Å². The van der Waals surface area contributed by atoms with Crippen molar-refractivity contribution < 1.29 is 18.0 Å². The van der Waals surface area contributed by atoms with Crippen molar-refractivity contribution >= 4 is 27.5 Å². The van der Waals surface area contributed by atoms with Crippen LogP contribution in [0.1, 0.15) is 53.3 Å². The molecule has 1 heterocycles. The molecule has 7 nitrogen and oxygen atoms in total. The molecule has 2 aromatic carbocycles. The Morgan fingerprint density at radius 2 is 1.39 bits per heavy atom. The van der Waals surface area contributed by atoms with Crippen molar-refractivity contribution in [2.24, 2.45) is 5.92 Å². The van der Waals surface area contributed by atoms with E-state index in [9.17, 15) is 18.0 Å². The van der Waals surface area contributed by atoms with E-state index in [1.165, 1.54) is 28.6 Å². The Balaban J connectivity index is 1.38. The Morgan fingerprint density at radius 3 is 1.97 bits per heavy atom. The Kier molecular flexibility index (Phi) is 6.11. The molecule has 0 radical (unpaired) electrons. The highest BCUT2D eigenvalue weighted by Crippen LogP contribution is 2.24. The molecule has 1 aliphatic carbocycles. The van der Waals surface area contributed by atoms with Crippen LogP contribution in [0.25, 0.3) is 0 Å². The molecular formula is C23H27N3O4S. The number of amides is 2. The third-order valence-corrected chi connectivity index (χ3v) is 7.73. The standard InChI is InChI=1S/C23H27N3O4S/c1-16-12-14-26(15-13-16)31(29,30)21-10-4-18(5-11-21)23(28)24-19-6-2-17(3-7-19)22(27)25-20-8-9-20/h2-7,10-11,16,20H,8-9,12-15H2,1H3,(H,24,28)(H,25,27). The van der Waals surface area contributed by atoms with Crippen LogP contribution in [0.2, 0.25) is 0 Å². The van der Waals surface area contributed by atoms with Gasteiger partial charge < -0.3 is 10.6 Å². The summed E-state index contributed by atoms with van der Waals surface area (Å²) in [7, 11) is -3.54. The molecule has 2 aromatic rings. The molecule has 1 aliphatic heterocycles. The molecule has 0 bridgehead atoms. The van der Waals surface area contributed by atoms with Crippen molar-refractivity contribution in [1.29, 1.82) is 0 Å². The maximum absolute atomic E-state index is 12.8. The van der Waals surface area contributed by atoms with Crippen LogP contribution in [0.15, 0.2) is 53.4 Å². The summed E-state index contributed by atoms with van der Waals surface area (Å²) in [6.07, 6.45) is 3.77. The van der Waals surface area contributed by atoms with Crippen molar-refractivity contribution in [2.75, 3.05) is 18.4 Å². The number of benzene rings is 2. The summed E-state index contributed by atoms with van der Waals surface area (Å²) < 4.78 is 27.1. The largest absolute Gasteiger partial charge is 0.349 e. The molecule has 1 saturated heterocycles. The fourth-order valence-electron chi connectivity index (χ4n) is 3.56. The van der Waals surface area contributed by atoms with Crippen LogP contribution >= 0.6 is 0 Å². The monoisotopic (exact) mass is 441 g/mol. The molecule has 2 fully saturated rings. The lowest BCUT2D eigenvalue weighted by Gasteiger charge is -2.29. The number of rotatable bonds is 6.